The Balaban J connectivity index is 2.30. The first-order valence-electron chi connectivity index (χ1n) is 6.41. The molecule has 1 aliphatic rings. The molecule has 0 bridgehead atoms. The molecule has 0 atom stereocenters. The highest BCUT2D eigenvalue weighted by Crippen LogP contribution is 2.35. The zero-order valence-corrected chi connectivity index (χ0v) is 11.6. The number of aryl methyl sites for hydroxylation is 2. The van der Waals surface area contributed by atoms with Crippen molar-refractivity contribution in [1.29, 1.82) is 0 Å². The summed E-state index contributed by atoms with van der Waals surface area (Å²) in [5.74, 6) is -0.855. The number of Topliss-reactive ketones (excluding diaryl/α,β-unsaturated/α-hetero) is 2. The molecule has 102 valence electrons. The minimum atomic E-state index is -0.832. The third-order valence-electron chi connectivity index (χ3n) is 3.29. The topological polar surface area (TPSA) is 71.4 Å². The molecule has 0 aliphatic heterocycles. The van der Waals surface area contributed by atoms with E-state index in [0.717, 1.165) is 22.6 Å². The lowest BCUT2D eigenvalue weighted by molar-refractivity contribution is -0.137. The second kappa shape index (κ2) is 5.65. The van der Waals surface area contributed by atoms with Gasteiger partial charge in [-0.15, -0.1) is 11.3 Å². The largest absolute Gasteiger partial charge is 0.481 e. The number of carboxylic acids is 1. The van der Waals surface area contributed by atoms with E-state index in [-0.39, 0.29) is 18.0 Å². The molecule has 1 heterocycles. The normalized spacial score (nSPS) is 14.3. The van der Waals surface area contributed by atoms with Gasteiger partial charge in [-0.05, 0) is 32.6 Å². The van der Waals surface area contributed by atoms with Crippen molar-refractivity contribution in [2.24, 2.45) is 0 Å². The van der Waals surface area contributed by atoms with E-state index in [1.54, 1.807) is 0 Å². The molecular weight excluding hydrogens is 264 g/mol. The van der Waals surface area contributed by atoms with Crippen LogP contribution in [-0.4, -0.2) is 22.6 Å². The molecule has 1 aromatic rings. The second-order valence-electron chi connectivity index (χ2n) is 4.78. The number of carboxylic acid groups (broad SMARTS) is 1. The number of aliphatic carboxylic acids is 1. The summed E-state index contributed by atoms with van der Waals surface area (Å²) < 4.78 is 0. The minimum absolute atomic E-state index is 0.0622. The van der Waals surface area contributed by atoms with Crippen LogP contribution in [0.3, 0.4) is 0 Å². The molecule has 4 nitrogen and oxygen atoms in total. The lowest BCUT2D eigenvalue weighted by atomic mass is 9.91. The van der Waals surface area contributed by atoms with Crippen LogP contribution in [0.5, 0.6) is 0 Å². The number of rotatable bonds is 5. The fourth-order valence-corrected chi connectivity index (χ4v) is 3.94. The van der Waals surface area contributed by atoms with Crippen LogP contribution in [0.25, 0.3) is 0 Å². The van der Waals surface area contributed by atoms with E-state index in [9.17, 15) is 14.4 Å². The maximum atomic E-state index is 12.0. The van der Waals surface area contributed by atoms with Gasteiger partial charge in [-0.1, -0.05) is 0 Å². The summed E-state index contributed by atoms with van der Waals surface area (Å²) >= 11 is 1.51. The number of carbonyl (C=O) groups is 3. The van der Waals surface area contributed by atoms with E-state index in [1.807, 2.05) is 0 Å². The fraction of sp³-hybridized carbons (Fsp3) is 0.500. The molecule has 2 rings (SSSR count). The predicted octanol–water partition coefficient (Wildman–Crippen LogP) is 2.88. The molecule has 0 unspecified atom stereocenters. The second-order valence-corrected chi connectivity index (χ2v) is 5.97. The highest BCUT2D eigenvalue weighted by Gasteiger charge is 2.28. The van der Waals surface area contributed by atoms with E-state index < -0.39 is 5.97 Å². The minimum Gasteiger partial charge on any atom is -0.481 e. The summed E-state index contributed by atoms with van der Waals surface area (Å²) in [7, 11) is 0. The van der Waals surface area contributed by atoms with Gasteiger partial charge < -0.3 is 5.11 Å². The molecule has 1 aromatic heterocycles. The predicted molar refractivity (Wildman–Crippen MR) is 72.2 cm³/mol. The molecule has 1 N–H and O–H groups in total. The van der Waals surface area contributed by atoms with E-state index in [4.69, 9.17) is 5.11 Å². The van der Waals surface area contributed by atoms with Crippen molar-refractivity contribution in [2.45, 2.75) is 45.4 Å². The Bertz CT molecular complexity index is 542. The van der Waals surface area contributed by atoms with Gasteiger partial charge in [0.15, 0.2) is 11.6 Å². The highest BCUT2D eigenvalue weighted by atomic mass is 32.1. The van der Waals surface area contributed by atoms with Crippen molar-refractivity contribution >= 4 is 28.9 Å². The van der Waals surface area contributed by atoms with Gasteiger partial charge in [0, 0.05) is 33.7 Å². The zero-order chi connectivity index (χ0) is 14.0. The first-order valence-corrected chi connectivity index (χ1v) is 7.22. The molecule has 0 radical (unpaired) electrons. The smallest absolute Gasteiger partial charge is 0.303 e. The molecule has 5 heteroatoms. The van der Waals surface area contributed by atoms with Gasteiger partial charge in [-0.3, -0.25) is 14.4 Å². The number of hydrogen-bond acceptors (Lipinski definition) is 4. The Kier molecular flexibility index (Phi) is 4.14. The SMILES string of the molecule is CC(=O)c1c(CCCC(=O)O)sc2c1C(=O)CCC2. The standard InChI is InChI=1S/C14H16O4S/c1-8(15)13-10(6-3-7-12(17)18)19-11-5-2-4-9(16)14(11)13/h2-7H2,1H3,(H,17,18). The molecular formula is C14H16O4S. The first kappa shape index (κ1) is 13.9. The van der Waals surface area contributed by atoms with Crippen molar-refractivity contribution in [2.75, 3.05) is 0 Å². The number of carbonyl (C=O) groups excluding carboxylic acids is 2. The molecule has 0 fully saturated rings. The molecule has 0 aromatic carbocycles. The lowest BCUT2D eigenvalue weighted by Gasteiger charge is -2.10. The lowest BCUT2D eigenvalue weighted by Crippen LogP contribution is -2.12. The van der Waals surface area contributed by atoms with Crippen LogP contribution in [0.2, 0.25) is 0 Å². The van der Waals surface area contributed by atoms with Crippen LogP contribution in [0.1, 0.15) is 63.1 Å². The Labute approximate surface area is 115 Å². The zero-order valence-electron chi connectivity index (χ0n) is 10.8. The summed E-state index contributed by atoms with van der Waals surface area (Å²) in [6.07, 6.45) is 3.37. The van der Waals surface area contributed by atoms with Gasteiger partial charge in [0.05, 0.1) is 0 Å². The Morgan fingerprint density at radius 3 is 2.68 bits per heavy atom. The average Bonchev–Trinajstić information content (AvgIpc) is 2.68. The molecule has 1 aliphatic carbocycles. The van der Waals surface area contributed by atoms with E-state index >= 15 is 0 Å². The summed E-state index contributed by atoms with van der Waals surface area (Å²) in [5, 5.41) is 8.66. The number of ketones is 2. The molecule has 0 saturated heterocycles. The van der Waals surface area contributed by atoms with Gasteiger partial charge in [-0.25, -0.2) is 0 Å². The number of hydrogen-bond donors (Lipinski definition) is 1. The number of thiophene rings is 1. The molecule has 0 spiro atoms. The summed E-state index contributed by atoms with van der Waals surface area (Å²) in [4.78, 5) is 36.2. The molecule has 19 heavy (non-hydrogen) atoms. The van der Waals surface area contributed by atoms with Gasteiger partial charge in [-0.2, -0.15) is 0 Å². The first-order chi connectivity index (χ1) is 9.00. The fourth-order valence-electron chi connectivity index (χ4n) is 2.48. The van der Waals surface area contributed by atoms with Crippen molar-refractivity contribution in [3.63, 3.8) is 0 Å². The highest BCUT2D eigenvalue weighted by molar-refractivity contribution is 7.12. The summed E-state index contributed by atoms with van der Waals surface area (Å²) in [6.45, 7) is 1.48. The van der Waals surface area contributed by atoms with Crippen molar-refractivity contribution in [3.8, 4) is 0 Å². The third kappa shape index (κ3) is 2.92. The number of fused-ring (bicyclic) bond motifs is 1. The van der Waals surface area contributed by atoms with Crippen LogP contribution in [-0.2, 0) is 17.6 Å². The van der Waals surface area contributed by atoms with Crippen LogP contribution in [0.15, 0.2) is 0 Å². The Morgan fingerprint density at radius 1 is 1.32 bits per heavy atom. The summed E-state index contributed by atoms with van der Waals surface area (Å²) in [5.41, 5.74) is 1.17. The third-order valence-corrected chi connectivity index (χ3v) is 4.60. The van der Waals surface area contributed by atoms with Gasteiger partial charge in [0.25, 0.3) is 0 Å². The van der Waals surface area contributed by atoms with Crippen LogP contribution in [0, 0.1) is 0 Å². The van der Waals surface area contributed by atoms with Crippen molar-refractivity contribution in [3.05, 3.63) is 20.9 Å². The quantitative estimate of drug-likeness (QED) is 0.842. The van der Waals surface area contributed by atoms with Crippen molar-refractivity contribution < 1.29 is 19.5 Å². The maximum Gasteiger partial charge on any atom is 0.303 e. The van der Waals surface area contributed by atoms with Crippen molar-refractivity contribution in [1.82, 2.24) is 0 Å². The van der Waals surface area contributed by atoms with E-state index in [1.165, 1.54) is 18.3 Å². The molecule has 0 saturated carbocycles. The van der Waals surface area contributed by atoms with Gasteiger partial charge in [0.1, 0.15) is 0 Å². The maximum absolute atomic E-state index is 12.0. The Hall–Kier alpha value is -1.49. The Morgan fingerprint density at radius 2 is 2.05 bits per heavy atom. The van der Waals surface area contributed by atoms with E-state index in [0.29, 0.717) is 30.4 Å². The average molecular weight is 280 g/mol. The molecule has 0 amide bonds. The van der Waals surface area contributed by atoms with E-state index in [2.05, 4.69) is 0 Å². The van der Waals surface area contributed by atoms with Gasteiger partial charge in [0.2, 0.25) is 0 Å². The monoisotopic (exact) mass is 280 g/mol. The van der Waals surface area contributed by atoms with Crippen LogP contribution >= 0.6 is 11.3 Å². The van der Waals surface area contributed by atoms with Gasteiger partial charge >= 0.3 is 5.97 Å². The van der Waals surface area contributed by atoms with Crippen LogP contribution < -0.4 is 0 Å². The van der Waals surface area contributed by atoms with Crippen LogP contribution in [0.4, 0.5) is 0 Å². The summed E-state index contributed by atoms with van der Waals surface area (Å²) in [6, 6.07) is 0.